The van der Waals surface area contributed by atoms with Gasteiger partial charge in [-0.3, -0.25) is 4.79 Å². The standard InChI is InChI=1S/C14H20FNO3/c1-9(2)12(6-7-17)16-14(18)11-8-10(15)4-5-13(11)19-3/h4-5,8-9,12,17H,6-7H2,1-3H3,(H,16,18). The van der Waals surface area contributed by atoms with Crippen molar-refractivity contribution in [3.05, 3.63) is 29.6 Å². The van der Waals surface area contributed by atoms with Gasteiger partial charge in [0.1, 0.15) is 11.6 Å². The van der Waals surface area contributed by atoms with Gasteiger partial charge < -0.3 is 15.2 Å². The SMILES string of the molecule is COc1ccc(F)cc1C(=O)NC(CCO)C(C)C. The lowest BCUT2D eigenvalue weighted by molar-refractivity contribution is 0.0913. The van der Waals surface area contributed by atoms with E-state index in [0.717, 1.165) is 6.07 Å². The van der Waals surface area contributed by atoms with Crippen molar-refractivity contribution in [3.8, 4) is 5.75 Å². The zero-order valence-electron chi connectivity index (χ0n) is 11.4. The zero-order valence-corrected chi connectivity index (χ0v) is 11.4. The minimum atomic E-state index is -0.491. The summed E-state index contributed by atoms with van der Waals surface area (Å²) in [5.41, 5.74) is 0.158. The van der Waals surface area contributed by atoms with Gasteiger partial charge in [-0.1, -0.05) is 13.8 Å². The first-order chi connectivity index (χ1) is 8.99. The van der Waals surface area contributed by atoms with Gasteiger partial charge in [-0.25, -0.2) is 4.39 Å². The highest BCUT2D eigenvalue weighted by atomic mass is 19.1. The van der Waals surface area contributed by atoms with E-state index in [1.807, 2.05) is 13.8 Å². The summed E-state index contributed by atoms with van der Waals surface area (Å²) in [7, 11) is 1.43. The Morgan fingerprint density at radius 3 is 2.68 bits per heavy atom. The number of hydrogen-bond acceptors (Lipinski definition) is 3. The van der Waals surface area contributed by atoms with E-state index in [9.17, 15) is 9.18 Å². The van der Waals surface area contributed by atoms with Gasteiger partial charge in [0.15, 0.2) is 0 Å². The molecule has 4 nitrogen and oxygen atoms in total. The molecule has 1 atom stereocenters. The number of benzene rings is 1. The molecule has 1 aromatic carbocycles. The topological polar surface area (TPSA) is 58.6 Å². The fraction of sp³-hybridized carbons (Fsp3) is 0.500. The lowest BCUT2D eigenvalue weighted by Gasteiger charge is -2.22. The molecule has 2 N–H and O–H groups in total. The molecule has 0 fully saturated rings. The monoisotopic (exact) mass is 269 g/mol. The van der Waals surface area contributed by atoms with Gasteiger partial charge in [0, 0.05) is 12.6 Å². The first-order valence-corrected chi connectivity index (χ1v) is 6.24. The number of nitrogens with one attached hydrogen (secondary N) is 1. The van der Waals surface area contributed by atoms with Crippen LogP contribution in [0.15, 0.2) is 18.2 Å². The van der Waals surface area contributed by atoms with Crippen molar-refractivity contribution in [3.63, 3.8) is 0 Å². The third-order valence-electron chi connectivity index (χ3n) is 2.97. The average Bonchev–Trinajstić information content (AvgIpc) is 2.37. The number of aliphatic hydroxyl groups is 1. The Morgan fingerprint density at radius 1 is 1.47 bits per heavy atom. The Balaban J connectivity index is 2.90. The third-order valence-corrected chi connectivity index (χ3v) is 2.97. The van der Waals surface area contributed by atoms with Gasteiger partial charge in [-0.15, -0.1) is 0 Å². The van der Waals surface area contributed by atoms with Crippen LogP contribution in [0.3, 0.4) is 0 Å². The van der Waals surface area contributed by atoms with Crippen molar-refractivity contribution in [2.24, 2.45) is 5.92 Å². The third kappa shape index (κ3) is 4.21. The number of hydrogen-bond donors (Lipinski definition) is 2. The highest BCUT2D eigenvalue weighted by molar-refractivity contribution is 5.97. The molecule has 0 aliphatic carbocycles. The molecular formula is C14H20FNO3. The normalized spacial score (nSPS) is 12.3. The maximum Gasteiger partial charge on any atom is 0.255 e. The number of rotatable bonds is 6. The van der Waals surface area contributed by atoms with E-state index < -0.39 is 11.7 Å². The number of amides is 1. The van der Waals surface area contributed by atoms with Gasteiger partial charge in [-0.05, 0) is 30.5 Å². The van der Waals surface area contributed by atoms with E-state index in [0.29, 0.717) is 12.2 Å². The second kappa shape index (κ2) is 7.09. The van der Waals surface area contributed by atoms with Crippen LogP contribution in [0.4, 0.5) is 4.39 Å². The number of carbonyl (C=O) groups excluding carboxylic acids is 1. The van der Waals surface area contributed by atoms with E-state index in [2.05, 4.69) is 5.32 Å². The second-order valence-corrected chi connectivity index (χ2v) is 4.68. The lowest BCUT2D eigenvalue weighted by atomic mass is 10.0. The molecule has 1 rings (SSSR count). The summed E-state index contributed by atoms with van der Waals surface area (Å²) in [6.07, 6.45) is 0.459. The molecule has 5 heteroatoms. The fourth-order valence-electron chi connectivity index (χ4n) is 1.82. The smallest absolute Gasteiger partial charge is 0.255 e. The van der Waals surface area contributed by atoms with Crippen LogP contribution in [0.25, 0.3) is 0 Å². The number of carbonyl (C=O) groups is 1. The summed E-state index contributed by atoms with van der Waals surface area (Å²) in [5.74, 6) is -0.390. The van der Waals surface area contributed by atoms with Crippen molar-refractivity contribution >= 4 is 5.91 Å². The van der Waals surface area contributed by atoms with Crippen LogP contribution >= 0.6 is 0 Å². The Morgan fingerprint density at radius 2 is 2.16 bits per heavy atom. The number of halogens is 1. The maximum absolute atomic E-state index is 13.2. The summed E-state index contributed by atoms with van der Waals surface area (Å²) in [5, 5.41) is 11.8. The molecule has 0 saturated heterocycles. The second-order valence-electron chi connectivity index (χ2n) is 4.68. The quantitative estimate of drug-likeness (QED) is 0.830. The van der Waals surface area contributed by atoms with E-state index in [1.165, 1.54) is 19.2 Å². The molecule has 106 valence electrons. The Bertz CT molecular complexity index is 435. The largest absolute Gasteiger partial charge is 0.496 e. The molecule has 0 radical (unpaired) electrons. The summed E-state index contributed by atoms with van der Waals surface area (Å²) < 4.78 is 18.3. The minimum Gasteiger partial charge on any atom is -0.496 e. The van der Waals surface area contributed by atoms with Gasteiger partial charge in [-0.2, -0.15) is 0 Å². The van der Waals surface area contributed by atoms with Gasteiger partial charge in [0.05, 0.1) is 12.7 Å². The lowest BCUT2D eigenvalue weighted by Crippen LogP contribution is -2.39. The molecule has 1 aromatic rings. The first-order valence-electron chi connectivity index (χ1n) is 6.24. The predicted molar refractivity (Wildman–Crippen MR) is 70.7 cm³/mol. The maximum atomic E-state index is 13.2. The summed E-state index contributed by atoms with van der Waals surface area (Å²) in [6.45, 7) is 3.89. The molecule has 0 saturated carbocycles. The molecule has 19 heavy (non-hydrogen) atoms. The van der Waals surface area contributed by atoms with Crippen molar-refractivity contribution in [2.45, 2.75) is 26.3 Å². The Hall–Kier alpha value is -1.62. The molecule has 1 unspecified atom stereocenters. The first kappa shape index (κ1) is 15.4. The van der Waals surface area contributed by atoms with E-state index >= 15 is 0 Å². The molecule has 0 spiro atoms. The molecule has 1 amide bonds. The van der Waals surface area contributed by atoms with Crippen LogP contribution in [0.1, 0.15) is 30.6 Å². The Kier molecular flexibility index (Phi) is 5.76. The van der Waals surface area contributed by atoms with Crippen LogP contribution in [0.2, 0.25) is 0 Å². The van der Waals surface area contributed by atoms with Gasteiger partial charge >= 0.3 is 0 Å². The van der Waals surface area contributed by atoms with Crippen molar-refractivity contribution in [1.82, 2.24) is 5.32 Å². The Labute approximate surface area is 112 Å². The van der Waals surface area contributed by atoms with Gasteiger partial charge in [0.25, 0.3) is 5.91 Å². The molecular weight excluding hydrogens is 249 g/mol. The highest BCUT2D eigenvalue weighted by Crippen LogP contribution is 2.20. The van der Waals surface area contributed by atoms with Crippen molar-refractivity contribution in [1.29, 1.82) is 0 Å². The number of ether oxygens (including phenoxy) is 1. The van der Waals surface area contributed by atoms with Crippen LogP contribution in [-0.4, -0.2) is 30.8 Å². The molecule has 0 aliphatic heterocycles. The van der Waals surface area contributed by atoms with Crippen LogP contribution in [-0.2, 0) is 0 Å². The zero-order chi connectivity index (χ0) is 14.4. The van der Waals surface area contributed by atoms with E-state index in [4.69, 9.17) is 9.84 Å². The van der Waals surface area contributed by atoms with Crippen molar-refractivity contribution in [2.75, 3.05) is 13.7 Å². The highest BCUT2D eigenvalue weighted by Gasteiger charge is 2.19. The van der Waals surface area contributed by atoms with E-state index in [1.54, 1.807) is 0 Å². The summed E-state index contributed by atoms with van der Waals surface area (Å²) in [6, 6.07) is 3.64. The summed E-state index contributed by atoms with van der Waals surface area (Å²) >= 11 is 0. The predicted octanol–water partition coefficient (Wildman–Crippen LogP) is 1.97. The van der Waals surface area contributed by atoms with Crippen LogP contribution in [0, 0.1) is 11.7 Å². The number of aliphatic hydroxyl groups excluding tert-OH is 1. The molecule has 0 aromatic heterocycles. The average molecular weight is 269 g/mol. The van der Waals surface area contributed by atoms with Crippen LogP contribution in [0.5, 0.6) is 5.75 Å². The van der Waals surface area contributed by atoms with Gasteiger partial charge in [0.2, 0.25) is 0 Å². The minimum absolute atomic E-state index is 0.0105. The fourth-order valence-corrected chi connectivity index (χ4v) is 1.82. The molecule has 0 bridgehead atoms. The summed E-state index contributed by atoms with van der Waals surface area (Å²) in [4.78, 5) is 12.1. The van der Waals surface area contributed by atoms with Crippen LogP contribution < -0.4 is 10.1 Å². The molecule has 0 heterocycles. The van der Waals surface area contributed by atoms with E-state index in [-0.39, 0.29) is 24.1 Å². The number of methoxy groups -OCH3 is 1. The van der Waals surface area contributed by atoms with Crippen molar-refractivity contribution < 1.29 is 19.0 Å². The molecule has 0 aliphatic rings.